The molecule has 4 atom stereocenters. The van der Waals surface area contributed by atoms with E-state index in [1.54, 1.807) is 6.92 Å². The van der Waals surface area contributed by atoms with Crippen LogP contribution in [-0.2, 0) is 23.7 Å². The number of rotatable bonds is 3. The lowest BCUT2D eigenvalue weighted by Gasteiger charge is -2.17. The number of fused-ring (bicyclic) bond motifs is 1. The topological polar surface area (TPSA) is 54.0 Å². The summed E-state index contributed by atoms with van der Waals surface area (Å²) in [5.41, 5.74) is 0. The van der Waals surface area contributed by atoms with E-state index in [1.807, 2.05) is 0 Å². The molecule has 5 nitrogen and oxygen atoms in total. The molecule has 0 aromatic heterocycles. The lowest BCUT2D eigenvalue weighted by Crippen LogP contribution is -2.34. The molecule has 2 saturated heterocycles. The summed E-state index contributed by atoms with van der Waals surface area (Å²) in [5.74, 6) is 0.316. The molecule has 0 aromatic rings. The van der Waals surface area contributed by atoms with Gasteiger partial charge < -0.3 is 18.9 Å². The van der Waals surface area contributed by atoms with Gasteiger partial charge in [0.2, 0.25) is 0 Å². The van der Waals surface area contributed by atoms with Gasteiger partial charge in [-0.25, -0.2) is 0 Å². The Kier molecular flexibility index (Phi) is 3.16. The first-order valence-electron chi connectivity index (χ1n) is 5.30. The zero-order chi connectivity index (χ0) is 11.7. The van der Waals surface area contributed by atoms with Gasteiger partial charge >= 0.3 is 5.97 Å². The van der Waals surface area contributed by atoms with Gasteiger partial charge in [0.05, 0.1) is 19.0 Å². The van der Waals surface area contributed by atoms with Gasteiger partial charge in [0.1, 0.15) is 12.2 Å². The Hall–Kier alpha value is -1.07. The molecule has 2 aliphatic rings. The molecule has 0 spiro atoms. The van der Waals surface area contributed by atoms with E-state index < -0.39 is 0 Å². The maximum Gasteiger partial charge on any atom is 0.303 e. The fraction of sp³-hybridized carbons (Fsp3) is 0.727. The minimum absolute atomic E-state index is 0.150. The molecule has 5 heteroatoms. The van der Waals surface area contributed by atoms with Crippen LogP contribution in [0.3, 0.4) is 0 Å². The Bertz CT molecular complexity index is 271. The maximum atomic E-state index is 10.9. The van der Waals surface area contributed by atoms with Gasteiger partial charge in [0.25, 0.3) is 0 Å². The third kappa shape index (κ3) is 2.20. The van der Waals surface area contributed by atoms with Crippen LogP contribution in [0.15, 0.2) is 12.3 Å². The Morgan fingerprint density at radius 1 is 1.12 bits per heavy atom. The molecule has 0 radical (unpaired) electrons. The molecule has 0 saturated carbocycles. The molecule has 4 unspecified atom stereocenters. The summed E-state index contributed by atoms with van der Waals surface area (Å²) in [5, 5.41) is 0. The quantitative estimate of drug-likeness (QED) is 0.524. The zero-order valence-electron chi connectivity index (χ0n) is 9.47. The second-order valence-electron chi connectivity index (χ2n) is 4.10. The Morgan fingerprint density at radius 3 is 2.06 bits per heavy atom. The maximum absolute atomic E-state index is 10.9. The van der Waals surface area contributed by atoms with Gasteiger partial charge in [-0.3, -0.25) is 4.79 Å². The smallest absolute Gasteiger partial charge is 0.303 e. The van der Waals surface area contributed by atoms with Gasteiger partial charge in [0.15, 0.2) is 12.2 Å². The van der Waals surface area contributed by atoms with E-state index >= 15 is 0 Å². The van der Waals surface area contributed by atoms with Crippen molar-refractivity contribution in [2.75, 3.05) is 13.2 Å². The van der Waals surface area contributed by atoms with Crippen molar-refractivity contribution < 1.29 is 23.7 Å². The van der Waals surface area contributed by atoms with E-state index in [0.717, 1.165) is 0 Å². The van der Waals surface area contributed by atoms with Crippen LogP contribution in [-0.4, -0.2) is 43.6 Å². The normalized spacial score (nSPS) is 36.9. The summed E-state index contributed by atoms with van der Waals surface area (Å²) in [6, 6.07) is 0. The number of esters is 1. The number of allylic oxidation sites excluding steroid dienone is 1. The van der Waals surface area contributed by atoms with Crippen LogP contribution in [0.5, 0.6) is 0 Å². The van der Waals surface area contributed by atoms with E-state index in [9.17, 15) is 4.79 Å². The van der Waals surface area contributed by atoms with Gasteiger partial charge in [0, 0.05) is 6.92 Å². The lowest BCUT2D eigenvalue weighted by atomic mass is 10.1. The van der Waals surface area contributed by atoms with Crippen LogP contribution >= 0.6 is 0 Å². The molecule has 2 aliphatic heterocycles. The van der Waals surface area contributed by atoms with Crippen LogP contribution in [0, 0.1) is 0 Å². The van der Waals surface area contributed by atoms with Crippen LogP contribution < -0.4 is 0 Å². The molecule has 0 bridgehead atoms. The fourth-order valence-electron chi connectivity index (χ4n) is 2.10. The standard InChI is InChI=1S/C11H16O5/c1-6(2)15-8-4-13-11-9(16-7(3)12)5-14-10(8)11/h8-11H,1,4-5H2,2-3H3. The van der Waals surface area contributed by atoms with Crippen LogP contribution in [0.2, 0.25) is 0 Å². The number of carbonyl (C=O) groups excluding carboxylic acids is 1. The summed E-state index contributed by atoms with van der Waals surface area (Å²) in [7, 11) is 0. The Morgan fingerprint density at radius 2 is 1.62 bits per heavy atom. The van der Waals surface area contributed by atoms with Gasteiger partial charge in [-0.2, -0.15) is 0 Å². The summed E-state index contributed by atoms with van der Waals surface area (Å²) < 4.78 is 21.7. The highest BCUT2D eigenvalue weighted by Gasteiger charge is 2.50. The molecule has 2 fully saturated rings. The molecule has 0 N–H and O–H groups in total. The molecule has 0 aromatic carbocycles. The zero-order valence-corrected chi connectivity index (χ0v) is 9.47. The number of hydrogen-bond acceptors (Lipinski definition) is 5. The van der Waals surface area contributed by atoms with Crippen molar-refractivity contribution in [1.82, 2.24) is 0 Å². The van der Waals surface area contributed by atoms with Gasteiger partial charge in [-0.1, -0.05) is 6.58 Å². The average molecular weight is 228 g/mol. The van der Waals surface area contributed by atoms with Crippen molar-refractivity contribution in [3.63, 3.8) is 0 Å². The number of carbonyl (C=O) groups is 1. The van der Waals surface area contributed by atoms with Crippen molar-refractivity contribution in [2.24, 2.45) is 0 Å². The Balaban J connectivity index is 1.95. The average Bonchev–Trinajstić information content (AvgIpc) is 2.70. The minimum atomic E-state index is -0.318. The molecular formula is C11H16O5. The predicted molar refractivity (Wildman–Crippen MR) is 54.7 cm³/mol. The SMILES string of the molecule is C=C(C)OC1COC2C(OC(C)=O)COC12. The minimum Gasteiger partial charge on any atom is -0.490 e. The van der Waals surface area contributed by atoms with Crippen molar-refractivity contribution in [2.45, 2.75) is 38.3 Å². The fourth-order valence-corrected chi connectivity index (χ4v) is 2.10. The summed E-state index contributed by atoms with van der Waals surface area (Å²) in [6.45, 7) is 7.65. The third-order valence-electron chi connectivity index (χ3n) is 2.63. The second kappa shape index (κ2) is 4.43. The monoisotopic (exact) mass is 228 g/mol. The van der Waals surface area contributed by atoms with E-state index in [-0.39, 0.29) is 30.4 Å². The number of ether oxygens (including phenoxy) is 4. The van der Waals surface area contributed by atoms with Gasteiger partial charge in [-0.05, 0) is 6.92 Å². The molecule has 2 rings (SSSR count). The molecule has 2 heterocycles. The molecule has 90 valence electrons. The first kappa shape index (κ1) is 11.4. The second-order valence-corrected chi connectivity index (χ2v) is 4.10. The van der Waals surface area contributed by atoms with E-state index in [0.29, 0.717) is 19.0 Å². The molecule has 0 amide bonds. The molecule has 16 heavy (non-hydrogen) atoms. The van der Waals surface area contributed by atoms with Crippen molar-refractivity contribution >= 4 is 5.97 Å². The Labute approximate surface area is 94.3 Å². The van der Waals surface area contributed by atoms with Crippen LogP contribution in [0.25, 0.3) is 0 Å². The van der Waals surface area contributed by atoms with E-state index in [2.05, 4.69) is 6.58 Å². The highest BCUT2D eigenvalue weighted by molar-refractivity contribution is 5.66. The summed E-state index contributed by atoms with van der Waals surface area (Å²) >= 11 is 0. The first-order valence-corrected chi connectivity index (χ1v) is 5.30. The third-order valence-corrected chi connectivity index (χ3v) is 2.63. The van der Waals surface area contributed by atoms with Crippen LogP contribution in [0.4, 0.5) is 0 Å². The number of hydrogen-bond donors (Lipinski definition) is 0. The molecule has 0 aliphatic carbocycles. The summed E-state index contributed by atoms with van der Waals surface area (Å²) in [4.78, 5) is 10.9. The lowest BCUT2D eigenvalue weighted by molar-refractivity contribution is -0.151. The van der Waals surface area contributed by atoms with Crippen molar-refractivity contribution in [3.05, 3.63) is 12.3 Å². The van der Waals surface area contributed by atoms with E-state index in [1.165, 1.54) is 6.92 Å². The van der Waals surface area contributed by atoms with Gasteiger partial charge in [-0.15, -0.1) is 0 Å². The molecular weight excluding hydrogens is 212 g/mol. The highest BCUT2D eigenvalue weighted by atomic mass is 16.7. The predicted octanol–water partition coefficient (Wildman–Crippen LogP) is 0.634. The largest absolute Gasteiger partial charge is 0.490 e. The highest BCUT2D eigenvalue weighted by Crippen LogP contribution is 2.31. The summed E-state index contributed by atoms with van der Waals surface area (Å²) in [6.07, 6.45) is -0.849. The van der Waals surface area contributed by atoms with Crippen molar-refractivity contribution in [1.29, 1.82) is 0 Å². The first-order chi connectivity index (χ1) is 7.58. The van der Waals surface area contributed by atoms with Crippen LogP contribution in [0.1, 0.15) is 13.8 Å². The van der Waals surface area contributed by atoms with Crippen molar-refractivity contribution in [3.8, 4) is 0 Å². The van der Waals surface area contributed by atoms with E-state index in [4.69, 9.17) is 18.9 Å².